The Labute approximate surface area is 171 Å². The second-order valence-electron chi connectivity index (χ2n) is 6.03. The van der Waals surface area contributed by atoms with Gasteiger partial charge in [0.05, 0.1) is 23.1 Å². The van der Waals surface area contributed by atoms with E-state index in [2.05, 4.69) is 15.6 Å². The van der Waals surface area contributed by atoms with Crippen LogP contribution in [0.2, 0.25) is 0 Å². The number of methoxy groups -OCH3 is 1. The number of thiazole rings is 1. The monoisotopic (exact) mass is 415 g/mol. The maximum atomic E-state index is 12.2. The van der Waals surface area contributed by atoms with Gasteiger partial charge in [0, 0.05) is 17.8 Å². The van der Waals surface area contributed by atoms with Crippen LogP contribution in [0.1, 0.15) is 19.8 Å². The molecule has 6 nitrogen and oxygen atoms in total. The second kappa shape index (κ2) is 9.57. The first-order chi connectivity index (χ1) is 13.6. The van der Waals surface area contributed by atoms with E-state index in [0.29, 0.717) is 6.42 Å². The molecule has 0 unspecified atom stereocenters. The van der Waals surface area contributed by atoms with Crippen LogP contribution in [0.15, 0.2) is 46.8 Å². The number of amides is 2. The molecule has 0 saturated heterocycles. The average Bonchev–Trinajstić information content (AvgIpc) is 3.09. The summed E-state index contributed by atoms with van der Waals surface area (Å²) in [6, 6.07) is 12.8. The second-order valence-corrected chi connectivity index (χ2v) is 8.28. The van der Waals surface area contributed by atoms with Crippen molar-refractivity contribution in [2.45, 2.75) is 24.1 Å². The number of carbonyl (C=O) groups excluding carboxylic acids is 2. The van der Waals surface area contributed by atoms with Gasteiger partial charge in [0.15, 0.2) is 4.34 Å². The Hall–Kier alpha value is -2.58. The number of nitrogens with one attached hydrogen (secondary N) is 2. The Kier molecular flexibility index (Phi) is 6.89. The van der Waals surface area contributed by atoms with E-state index in [0.717, 1.165) is 38.1 Å². The molecule has 0 saturated carbocycles. The van der Waals surface area contributed by atoms with Crippen LogP contribution in [0.5, 0.6) is 5.75 Å². The van der Waals surface area contributed by atoms with Gasteiger partial charge in [0.1, 0.15) is 5.75 Å². The fourth-order valence-corrected chi connectivity index (χ4v) is 4.40. The minimum Gasteiger partial charge on any atom is -0.497 e. The molecule has 0 aliphatic rings. The van der Waals surface area contributed by atoms with E-state index < -0.39 is 0 Å². The van der Waals surface area contributed by atoms with E-state index >= 15 is 0 Å². The molecule has 0 spiro atoms. The number of aromatic nitrogens is 1. The smallest absolute Gasteiger partial charge is 0.234 e. The summed E-state index contributed by atoms with van der Waals surface area (Å²) in [5.41, 5.74) is 2.35. The summed E-state index contributed by atoms with van der Waals surface area (Å²) in [5, 5.41) is 5.74. The molecule has 3 aromatic rings. The zero-order valence-electron chi connectivity index (χ0n) is 15.7. The van der Waals surface area contributed by atoms with Crippen molar-refractivity contribution in [3.05, 3.63) is 42.5 Å². The minimum atomic E-state index is -0.0954. The molecule has 0 fully saturated rings. The van der Waals surface area contributed by atoms with Crippen molar-refractivity contribution in [2.75, 3.05) is 23.5 Å². The molecule has 0 atom stereocenters. The van der Waals surface area contributed by atoms with Gasteiger partial charge in [-0.3, -0.25) is 9.59 Å². The van der Waals surface area contributed by atoms with Crippen LogP contribution in [-0.4, -0.2) is 29.7 Å². The molecule has 3 rings (SSSR count). The Morgan fingerprint density at radius 1 is 1.07 bits per heavy atom. The van der Waals surface area contributed by atoms with Crippen molar-refractivity contribution in [1.82, 2.24) is 4.98 Å². The molecule has 0 aliphatic carbocycles. The largest absolute Gasteiger partial charge is 0.497 e. The van der Waals surface area contributed by atoms with Crippen LogP contribution in [-0.2, 0) is 9.59 Å². The topological polar surface area (TPSA) is 80.3 Å². The SMILES string of the molecule is CCCC(=O)Nc1ccc2nc(SCC(=O)Nc3ccc(OC)cc3)sc2c1. The van der Waals surface area contributed by atoms with E-state index in [1.807, 2.05) is 25.1 Å². The lowest BCUT2D eigenvalue weighted by molar-refractivity contribution is -0.116. The van der Waals surface area contributed by atoms with E-state index in [1.165, 1.54) is 23.1 Å². The zero-order valence-corrected chi connectivity index (χ0v) is 17.3. The zero-order chi connectivity index (χ0) is 19.9. The van der Waals surface area contributed by atoms with E-state index in [4.69, 9.17) is 4.74 Å². The summed E-state index contributed by atoms with van der Waals surface area (Å²) in [6.45, 7) is 1.97. The Morgan fingerprint density at radius 2 is 1.79 bits per heavy atom. The van der Waals surface area contributed by atoms with Gasteiger partial charge in [0.25, 0.3) is 0 Å². The van der Waals surface area contributed by atoms with Gasteiger partial charge in [-0.2, -0.15) is 0 Å². The lowest BCUT2D eigenvalue weighted by Gasteiger charge is -2.05. The van der Waals surface area contributed by atoms with Gasteiger partial charge >= 0.3 is 0 Å². The van der Waals surface area contributed by atoms with Gasteiger partial charge in [-0.25, -0.2) is 4.98 Å². The lowest BCUT2D eigenvalue weighted by Crippen LogP contribution is -2.13. The number of benzene rings is 2. The number of ether oxygens (including phenoxy) is 1. The van der Waals surface area contributed by atoms with E-state index in [1.54, 1.807) is 31.4 Å². The number of rotatable bonds is 8. The van der Waals surface area contributed by atoms with Crippen LogP contribution in [0.4, 0.5) is 11.4 Å². The molecule has 28 heavy (non-hydrogen) atoms. The third-order valence-corrected chi connectivity index (χ3v) is 5.99. The summed E-state index contributed by atoms with van der Waals surface area (Å²) >= 11 is 2.90. The number of anilines is 2. The minimum absolute atomic E-state index is 0.0103. The fourth-order valence-electron chi connectivity index (χ4n) is 2.49. The maximum absolute atomic E-state index is 12.2. The molecule has 2 aromatic carbocycles. The molecule has 0 aliphatic heterocycles. The van der Waals surface area contributed by atoms with Crippen LogP contribution in [0.25, 0.3) is 10.2 Å². The number of carbonyl (C=O) groups is 2. The van der Waals surface area contributed by atoms with Crippen LogP contribution in [0, 0.1) is 0 Å². The first kappa shape index (κ1) is 20.2. The van der Waals surface area contributed by atoms with Crippen molar-refractivity contribution in [2.24, 2.45) is 0 Å². The predicted octanol–water partition coefficient (Wildman–Crippen LogP) is 4.77. The first-order valence-electron chi connectivity index (χ1n) is 8.84. The normalized spacial score (nSPS) is 10.6. The molecular weight excluding hydrogens is 394 g/mol. The number of fused-ring (bicyclic) bond motifs is 1. The Morgan fingerprint density at radius 3 is 2.50 bits per heavy atom. The number of nitrogens with zero attached hydrogens (tertiary/aromatic N) is 1. The maximum Gasteiger partial charge on any atom is 0.234 e. The highest BCUT2D eigenvalue weighted by molar-refractivity contribution is 8.01. The van der Waals surface area contributed by atoms with Crippen molar-refractivity contribution >= 4 is 56.5 Å². The summed E-state index contributed by atoms with van der Waals surface area (Å²) in [4.78, 5) is 28.4. The van der Waals surface area contributed by atoms with Gasteiger partial charge in [-0.1, -0.05) is 18.7 Å². The number of hydrogen-bond donors (Lipinski definition) is 2. The molecule has 146 valence electrons. The Balaban J connectivity index is 1.57. The molecule has 2 N–H and O–H groups in total. The number of hydrogen-bond acceptors (Lipinski definition) is 6. The van der Waals surface area contributed by atoms with Crippen molar-refractivity contribution in [1.29, 1.82) is 0 Å². The Bertz CT molecular complexity index is 970. The number of thioether (sulfide) groups is 1. The van der Waals surface area contributed by atoms with Crippen molar-refractivity contribution in [3.8, 4) is 5.75 Å². The third-order valence-electron chi connectivity index (χ3n) is 3.83. The molecule has 8 heteroatoms. The fraction of sp³-hybridized carbons (Fsp3) is 0.250. The summed E-state index contributed by atoms with van der Waals surface area (Å²) in [6.07, 6.45) is 1.32. The van der Waals surface area contributed by atoms with Gasteiger partial charge in [-0.05, 0) is 48.9 Å². The highest BCUT2D eigenvalue weighted by atomic mass is 32.2. The standard InChI is InChI=1S/C20H21N3O3S2/c1-3-4-18(24)22-14-7-10-16-17(11-14)28-20(23-16)27-12-19(25)21-13-5-8-15(26-2)9-6-13/h5-11H,3-4,12H2,1-2H3,(H,21,25)(H,22,24). The van der Waals surface area contributed by atoms with E-state index in [-0.39, 0.29) is 17.6 Å². The van der Waals surface area contributed by atoms with Gasteiger partial charge < -0.3 is 15.4 Å². The van der Waals surface area contributed by atoms with Gasteiger partial charge in [-0.15, -0.1) is 11.3 Å². The molecule has 1 heterocycles. The first-order valence-corrected chi connectivity index (χ1v) is 10.6. The van der Waals surface area contributed by atoms with Crippen molar-refractivity contribution < 1.29 is 14.3 Å². The molecule has 0 bridgehead atoms. The summed E-state index contributed by atoms with van der Waals surface area (Å²) in [5.74, 6) is 0.927. The molecule has 2 amide bonds. The molecular formula is C20H21N3O3S2. The summed E-state index contributed by atoms with van der Waals surface area (Å²) < 4.78 is 6.90. The highest BCUT2D eigenvalue weighted by Gasteiger charge is 2.10. The van der Waals surface area contributed by atoms with Crippen molar-refractivity contribution in [3.63, 3.8) is 0 Å². The molecule has 1 aromatic heterocycles. The quantitative estimate of drug-likeness (QED) is 0.518. The third kappa shape index (κ3) is 5.46. The van der Waals surface area contributed by atoms with Crippen LogP contribution < -0.4 is 15.4 Å². The average molecular weight is 416 g/mol. The predicted molar refractivity (Wildman–Crippen MR) is 116 cm³/mol. The molecule has 0 radical (unpaired) electrons. The van der Waals surface area contributed by atoms with Crippen LogP contribution in [0.3, 0.4) is 0 Å². The lowest BCUT2D eigenvalue weighted by atomic mass is 10.2. The van der Waals surface area contributed by atoms with Gasteiger partial charge in [0.2, 0.25) is 11.8 Å². The van der Waals surface area contributed by atoms with E-state index in [9.17, 15) is 9.59 Å². The summed E-state index contributed by atoms with van der Waals surface area (Å²) in [7, 11) is 1.60. The highest BCUT2D eigenvalue weighted by Crippen LogP contribution is 2.31. The van der Waals surface area contributed by atoms with Crippen LogP contribution >= 0.6 is 23.1 Å².